The molecule has 0 N–H and O–H groups in total. The van der Waals surface area contributed by atoms with Gasteiger partial charge in [-0.15, -0.1) is 0 Å². The summed E-state index contributed by atoms with van der Waals surface area (Å²) in [5.74, 6) is -0.0826. The Bertz CT molecular complexity index is 567. The van der Waals surface area contributed by atoms with Crippen LogP contribution in [0.4, 0.5) is 13.6 Å². The van der Waals surface area contributed by atoms with Crippen molar-refractivity contribution in [2.24, 2.45) is 0 Å². The smallest absolute Gasteiger partial charge is 0.320 e. The highest BCUT2D eigenvalue weighted by Gasteiger charge is 2.27. The van der Waals surface area contributed by atoms with Crippen LogP contribution in [0.3, 0.4) is 0 Å². The molecule has 0 unspecified atom stereocenters. The van der Waals surface area contributed by atoms with Crippen LogP contribution in [0.2, 0.25) is 0 Å². The average molecular weight is 342 g/mol. The van der Waals surface area contributed by atoms with Crippen molar-refractivity contribution in [3.63, 3.8) is 0 Å². The van der Waals surface area contributed by atoms with Crippen LogP contribution >= 0.6 is 11.8 Å². The zero-order chi connectivity index (χ0) is 16.2. The Labute approximate surface area is 138 Å². The van der Waals surface area contributed by atoms with E-state index in [-0.39, 0.29) is 17.1 Å². The quantitative estimate of drug-likeness (QED) is 0.787. The topological polar surface area (TPSA) is 32.8 Å². The van der Waals surface area contributed by atoms with Crippen LogP contribution in [-0.4, -0.2) is 61.0 Å². The lowest BCUT2D eigenvalue weighted by molar-refractivity contribution is 0.0438. The number of nitrogens with zero attached hydrogens (tertiary/aromatic N) is 2. The number of urea groups is 1. The van der Waals surface area contributed by atoms with Crippen LogP contribution in [0, 0.1) is 11.6 Å². The van der Waals surface area contributed by atoms with Crippen molar-refractivity contribution >= 4 is 17.8 Å². The largest absolute Gasteiger partial charge is 0.378 e. The summed E-state index contributed by atoms with van der Waals surface area (Å²) < 4.78 is 32.6. The first-order valence-electron chi connectivity index (χ1n) is 7.83. The van der Waals surface area contributed by atoms with E-state index in [1.54, 1.807) is 16.7 Å². The lowest BCUT2D eigenvalue weighted by Gasteiger charge is -2.32. The van der Waals surface area contributed by atoms with Gasteiger partial charge in [0.1, 0.15) is 11.6 Å². The summed E-state index contributed by atoms with van der Waals surface area (Å²) in [6.07, 6.45) is 0.626. The molecule has 0 aromatic heterocycles. The molecule has 0 bridgehead atoms. The molecule has 2 saturated heterocycles. The lowest BCUT2D eigenvalue weighted by Crippen LogP contribution is -2.48. The van der Waals surface area contributed by atoms with E-state index in [1.807, 2.05) is 4.90 Å². The Morgan fingerprint density at radius 2 is 1.87 bits per heavy atom. The second-order valence-corrected chi connectivity index (χ2v) is 6.99. The number of rotatable bonds is 1. The fraction of sp³-hybridized carbons (Fsp3) is 0.562. The van der Waals surface area contributed by atoms with E-state index >= 15 is 0 Å². The Morgan fingerprint density at radius 1 is 1.13 bits per heavy atom. The van der Waals surface area contributed by atoms with Crippen LogP contribution < -0.4 is 0 Å². The summed E-state index contributed by atoms with van der Waals surface area (Å²) >= 11 is 1.58. The van der Waals surface area contributed by atoms with Crippen LogP contribution in [-0.2, 0) is 4.74 Å². The predicted molar refractivity (Wildman–Crippen MR) is 85.5 cm³/mol. The third-order valence-corrected chi connectivity index (χ3v) is 5.51. The molecule has 126 valence electrons. The highest BCUT2D eigenvalue weighted by Crippen LogP contribution is 2.36. The number of benzene rings is 1. The van der Waals surface area contributed by atoms with Crippen molar-refractivity contribution in [2.45, 2.75) is 11.7 Å². The fourth-order valence-corrected chi connectivity index (χ4v) is 4.17. The van der Waals surface area contributed by atoms with Gasteiger partial charge in [0.05, 0.1) is 13.2 Å². The number of hydrogen-bond acceptors (Lipinski definition) is 3. The Morgan fingerprint density at radius 3 is 2.65 bits per heavy atom. The number of carbonyl (C=O) groups is 1. The van der Waals surface area contributed by atoms with Crippen molar-refractivity contribution in [3.8, 4) is 0 Å². The number of carbonyl (C=O) groups excluding carboxylic acids is 1. The molecule has 2 aliphatic rings. The molecule has 0 aliphatic carbocycles. The number of amides is 2. The minimum Gasteiger partial charge on any atom is -0.378 e. The molecule has 2 aliphatic heterocycles. The molecular formula is C16H20F2N2O2S. The summed E-state index contributed by atoms with van der Waals surface area (Å²) in [5.41, 5.74) is 0.399. The molecular weight excluding hydrogens is 322 g/mol. The first kappa shape index (κ1) is 16.5. The van der Waals surface area contributed by atoms with Gasteiger partial charge in [-0.25, -0.2) is 13.6 Å². The minimum atomic E-state index is -0.424. The van der Waals surface area contributed by atoms with Crippen molar-refractivity contribution in [1.82, 2.24) is 9.80 Å². The van der Waals surface area contributed by atoms with Gasteiger partial charge in [0, 0.05) is 42.7 Å². The molecule has 1 atom stereocenters. The van der Waals surface area contributed by atoms with E-state index in [4.69, 9.17) is 4.74 Å². The normalized spacial score (nSPS) is 22.8. The monoisotopic (exact) mass is 342 g/mol. The zero-order valence-electron chi connectivity index (χ0n) is 12.8. The summed E-state index contributed by atoms with van der Waals surface area (Å²) in [6.45, 7) is 3.57. The molecule has 1 aromatic carbocycles. The lowest BCUT2D eigenvalue weighted by atomic mass is 10.1. The first-order valence-corrected chi connectivity index (χ1v) is 8.88. The van der Waals surface area contributed by atoms with E-state index in [0.29, 0.717) is 51.4 Å². The second-order valence-electron chi connectivity index (χ2n) is 5.68. The molecule has 0 spiro atoms. The number of morpholine rings is 1. The third-order valence-electron chi connectivity index (χ3n) is 4.20. The molecule has 0 radical (unpaired) electrons. The van der Waals surface area contributed by atoms with E-state index < -0.39 is 5.82 Å². The van der Waals surface area contributed by atoms with Crippen LogP contribution in [0.5, 0.6) is 0 Å². The van der Waals surface area contributed by atoms with E-state index in [2.05, 4.69) is 0 Å². The van der Waals surface area contributed by atoms with Crippen molar-refractivity contribution in [3.05, 3.63) is 35.4 Å². The highest BCUT2D eigenvalue weighted by atomic mass is 32.2. The molecule has 2 heterocycles. The minimum absolute atomic E-state index is 0.0225. The maximum atomic E-state index is 14.0. The van der Waals surface area contributed by atoms with Crippen LogP contribution in [0.15, 0.2) is 18.2 Å². The molecule has 0 saturated carbocycles. The SMILES string of the molecule is O=C(N1CCOCC1)N1CCS[C@H](c2cc(F)ccc2F)CC1. The van der Waals surface area contributed by atoms with E-state index in [9.17, 15) is 13.6 Å². The number of halogens is 2. The number of ether oxygens (including phenoxy) is 1. The van der Waals surface area contributed by atoms with Gasteiger partial charge in [0.2, 0.25) is 0 Å². The predicted octanol–water partition coefficient (Wildman–Crippen LogP) is 2.90. The molecule has 7 heteroatoms. The van der Waals surface area contributed by atoms with Gasteiger partial charge in [-0.3, -0.25) is 0 Å². The van der Waals surface area contributed by atoms with Gasteiger partial charge in [-0.1, -0.05) is 0 Å². The molecule has 1 aromatic rings. The molecule has 3 rings (SSSR count). The number of thioether (sulfide) groups is 1. The number of hydrogen-bond donors (Lipinski definition) is 0. The van der Waals surface area contributed by atoms with Gasteiger partial charge < -0.3 is 14.5 Å². The van der Waals surface area contributed by atoms with Gasteiger partial charge in [-0.2, -0.15) is 11.8 Å². The van der Waals surface area contributed by atoms with Crippen molar-refractivity contribution in [1.29, 1.82) is 0 Å². The third kappa shape index (κ3) is 3.95. The van der Waals surface area contributed by atoms with Crippen molar-refractivity contribution < 1.29 is 18.3 Å². The van der Waals surface area contributed by atoms with Gasteiger partial charge in [0.15, 0.2) is 0 Å². The Balaban J connectivity index is 1.64. The second kappa shape index (κ2) is 7.49. The molecule has 4 nitrogen and oxygen atoms in total. The molecule has 2 fully saturated rings. The summed E-state index contributed by atoms with van der Waals surface area (Å²) in [6, 6.07) is 3.60. The standard InChI is InChI=1S/C16H20F2N2O2S/c17-12-1-2-14(18)13(11-12)15-3-4-19(7-10-23-15)16(21)20-5-8-22-9-6-20/h1-2,11,15H,3-10H2/t15-/m0/s1. The average Bonchev–Trinajstić information content (AvgIpc) is 2.83. The van der Waals surface area contributed by atoms with Crippen LogP contribution in [0.25, 0.3) is 0 Å². The maximum Gasteiger partial charge on any atom is 0.320 e. The van der Waals surface area contributed by atoms with Gasteiger partial charge in [-0.05, 0) is 24.6 Å². The van der Waals surface area contributed by atoms with Gasteiger partial charge >= 0.3 is 6.03 Å². The van der Waals surface area contributed by atoms with E-state index in [0.717, 1.165) is 11.8 Å². The van der Waals surface area contributed by atoms with Gasteiger partial charge in [0.25, 0.3) is 0 Å². The first-order chi connectivity index (χ1) is 11.1. The highest BCUT2D eigenvalue weighted by molar-refractivity contribution is 7.99. The Hall–Kier alpha value is -1.34. The summed E-state index contributed by atoms with van der Waals surface area (Å²) in [5, 5.41) is -0.117. The maximum absolute atomic E-state index is 14.0. The summed E-state index contributed by atoms with van der Waals surface area (Å²) in [7, 11) is 0. The molecule has 23 heavy (non-hydrogen) atoms. The Kier molecular flexibility index (Phi) is 5.38. The van der Waals surface area contributed by atoms with Crippen molar-refractivity contribution in [2.75, 3.05) is 45.1 Å². The molecule has 2 amide bonds. The summed E-state index contributed by atoms with van der Waals surface area (Å²) in [4.78, 5) is 16.1. The van der Waals surface area contributed by atoms with Crippen LogP contribution in [0.1, 0.15) is 17.2 Å². The zero-order valence-corrected chi connectivity index (χ0v) is 13.7. The van der Waals surface area contributed by atoms with E-state index in [1.165, 1.54) is 12.1 Å². The fourth-order valence-electron chi connectivity index (χ4n) is 2.93.